The summed E-state index contributed by atoms with van der Waals surface area (Å²) < 4.78 is 70.2. The molecule has 0 unspecified atom stereocenters. The molecule has 0 aliphatic carbocycles. The van der Waals surface area contributed by atoms with Gasteiger partial charge >= 0.3 is 10.2 Å². The third-order valence-corrected chi connectivity index (χ3v) is 8.70. The molecule has 39 heavy (non-hydrogen) atoms. The molecular formula is C26H31F2N5O5S. The Bertz CT molecular complexity index is 1460. The van der Waals surface area contributed by atoms with Crippen LogP contribution in [0.1, 0.15) is 48.3 Å². The van der Waals surface area contributed by atoms with E-state index in [1.165, 1.54) is 29.8 Å². The van der Waals surface area contributed by atoms with Crippen LogP contribution in [0.3, 0.4) is 0 Å². The number of amides is 1. The SMILES string of the molecule is CCN(C)S(=O)(=O)NC(=O)c1cnc2ccc(N3C[C@H](F)C[C@H]3c3cc(F)ccc3OC3CCOCC3)cn12. The summed E-state index contributed by atoms with van der Waals surface area (Å²) in [4.78, 5) is 18.9. The molecule has 3 aromatic rings. The highest BCUT2D eigenvalue weighted by molar-refractivity contribution is 7.87. The second kappa shape index (κ2) is 11.1. The van der Waals surface area contributed by atoms with Crippen LogP contribution in [0.15, 0.2) is 42.7 Å². The number of aromatic nitrogens is 2. The number of benzene rings is 1. The minimum absolute atomic E-state index is 0.00164. The Labute approximate surface area is 225 Å². The lowest BCUT2D eigenvalue weighted by Gasteiger charge is -2.30. The molecule has 0 saturated carbocycles. The van der Waals surface area contributed by atoms with Gasteiger partial charge in [-0.15, -0.1) is 0 Å². The van der Waals surface area contributed by atoms with Crippen LogP contribution >= 0.6 is 0 Å². The third kappa shape index (κ3) is 5.70. The van der Waals surface area contributed by atoms with E-state index >= 15 is 0 Å². The number of carbonyl (C=O) groups is 1. The van der Waals surface area contributed by atoms with Gasteiger partial charge in [0.15, 0.2) is 0 Å². The average molecular weight is 564 g/mol. The number of halogens is 2. The van der Waals surface area contributed by atoms with E-state index in [2.05, 4.69) is 4.98 Å². The number of rotatable bonds is 8. The lowest BCUT2D eigenvalue weighted by Crippen LogP contribution is -2.41. The summed E-state index contributed by atoms with van der Waals surface area (Å²) in [6.45, 7) is 3.05. The fourth-order valence-electron chi connectivity index (χ4n) is 4.95. The van der Waals surface area contributed by atoms with E-state index in [-0.39, 0.29) is 31.3 Å². The molecule has 0 bridgehead atoms. The van der Waals surface area contributed by atoms with Crippen LogP contribution in [0.2, 0.25) is 0 Å². The Kier molecular flexibility index (Phi) is 7.74. The van der Waals surface area contributed by atoms with Gasteiger partial charge in [-0.1, -0.05) is 6.92 Å². The maximum absolute atomic E-state index is 14.9. The maximum Gasteiger partial charge on any atom is 0.303 e. The fourth-order valence-corrected chi connectivity index (χ4v) is 5.78. The highest BCUT2D eigenvalue weighted by Crippen LogP contribution is 2.42. The number of imidazole rings is 1. The van der Waals surface area contributed by atoms with Gasteiger partial charge in [0, 0.05) is 51.2 Å². The van der Waals surface area contributed by atoms with Crippen molar-refractivity contribution >= 4 is 27.5 Å². The van der Waals surface area contributed by atoms with E-state index in [1.807, 2.05) is 4.72 Å². The van der Waals surface area contributed by atoms with Gasteiger partial charge in [0.1, 0.15) is 35.2 Å². The summed E-state index contributed by atoms with van der Waals surface area (Å²) in [7, 11) is -2.67. The summed E-state index contributed by atoms with van der Waals surface area (Å²) in [5.74, 6) is -0.797. The van der Waals surface area contributed by atoms with Crippen LogP contribution in [-0.2, 0) is 14.9 Å². The molecule has 2 atom stereocenters. The molecule has 10 nitrogen and oxygen atoms in total. The minimum Gasteiger partial charge on any atom is -0.490 e. The van der Waals surface area contributed by atoms with Crippen LogP contribution in [0.25, 0.3) is 5.65 Å². The van der Waals surface area contributed by atoms with Crippen molar-refractivity contribution in [1.82, 2.24) is 18.4 Å². The van der Waals surface area contributed by atoms with Crippen molar-refractivity contribution in [2.75, 3.05) is 38.3 Å². The smallest absolute Gasteiger partial charge is 0.303 e. The number of nitrogens with one attached hydrogen (secondary N) is 1. The van der Waals surface area contributed by atoms with Crippen LogP contribution < -0.4 is 14.4 Å². The van der Waals surface area contributed by atoms with Crippen molar-refractivity contribution in [3.05, 3.63) is 59.8 Å². The van der Waals surface area contributed by atoms with Gasteiger partial charge in [-0.2, -0.15) is 12.7 Å². The van der Waals surface area contributed by atoms with Crippen molar-refractivity contribution in [1.29, 1.82) is 0 Å². The Hall–Kier alpha value is -3.29. The minimum atomic E-state index is -4.03. The van der Waals surface area contributed by atoms with Gasteiger partial charge in [-0.25, -0.2) is 18.5 Å². The normalized spacial score (nSPS) is 20.6. The first-order chi connectivity index (χ1) is 18.7. The molecule has 1 N–H and O–H groups in total. The van der Waals surface area contributed by atoms with Crippen molar-refractivity contribution < 1.29 is 31.5 Å². The van der Waals surface area contributed by atoms with Crippen LogP contribution in [-0.4, -0.2) is 73.6 Å². The summed E-state index contributed by atoms with van der Waals surface area (Å²) in [5.41, 5.74) is 1.52. The van der Waals surface area contributed by atoms with E-state index in [0.717, 1.165) is 4.31 Å². The zero-order valence-electron chi connectivity index (χ0n) is 21.7. The predicted molar refractivity (Wildman–Crippen MR) is 140 cm³/mol. The summed E-state index contributed by atoms with van der Waals surface area (Å²) in [5, 5.41) is 0. The summed E-state index contributed by atoms with van der Waals surface area (Å²) in [6.07, 6.45) is 3.19. The zero-order chi connectivity index (χ0) is 27.7. The number of alkyl halides is 1. The lowest BCUT2D eigenvalue weighted by molar-refractivity contribution is 0.0250. The molecule has 1 aromatic carbocycles. The predicted octanol–water partition coefficient (Wildman–Crippen LogP) is 3.25. The van der Waals surface area contributed by atoms with Gasteiger partial charge in [0.2, 0.25) is 0 Å². The van der Waals surface area contributed by atoms with Crippen LogP contribution in [0, 0.1) is 5.82 Å². The number of pyridine rings is 1. The van der Waals surface area contributed by atoms with E-state index in [9.17, 15) is 22.0 Å². The number of ether oxygens (including phenoxy) is 2. The number of nitrogens with zero attached hydrogens (tertiary/aromatic N) is 4. The summed E-state index contributed by atoms with van der Waals surface area (Å²) >= 11 is 0. The highest BCUT2D eigenvalue weighted by Gasteiger charge is 2.36. The second-order valence-electron chi connectivity index (χ2n) is 9.72. The van der Waals surface area contributed by atoms with Crippen LogP contribution in [0.4, 0.5) is 14.5 Å². The molecule has 2 aliphatic heterocycles. The molecule has 2 aliphatic rings. The van der Waals surface area contributed by atoms with E-state index in [1.54, 1.807) is 36.2 Å². The molecule has 5 rings (SSSR count). The Balaban J connectivity index is 1.47. The molecule has 2 aromatic heterocycles. The van der Waals surface area contributed by atoms with E-state index in [0.29, 0.717) is 48.7 Å². The van der Waals surface area contributed by atoms with Gasteiger partial charge in [-0.05, 0) is 30.3 Å². The van der Waals surface area contributed by atoms with Crippen LogP contribution in [0.5, 0.6) is 5.75 Å². The molecule has 2 fully saturated rings. The Morgan fingerprint density at radius 3 is 2.77 bits per heavy atom. The summed E-state index contributed by atoms with van der Waals surface area (Å²) in [6, 6.07) is 7.17. The quantitative estimate of drug-likeness (QED) is 0.449. The van der Waals surface area contributed by atoms with Crippen molar-refractivity contribution in [2.45, 2.75) is 44.5 Å². The number of fused-ring (bicyclic) bond motifs is 1. The topological polar surface area (TPSA) is 105 Å². The van der Waals surface area contributed by atoms with E-state index < -0.39 is 34.1 Å². The number of carbonyl (C=O) groups excluding carboxylic acids is 1. The Morgan fingerprint density at radius 1 is 1.26 bits per heavy atom. The highest BCUT2D eigenvalue weighted by atomic mass is 32.2. The van der Waals surface area contributed by atoms with Crippen molar-refractivity contribution in [3.8, 4) is 5.75 Å². The van der Waals surface area contributed by atoms with Crippen molar-refractivity contribution in [3.63, 3.8) is 0 Å². The molecule has 2 saturated heterocycles. The molecule has 0 spiro atoms. The molecule has 0 radical (unpaired) electrons. The van der Waals surface area contributed by atoms with Gasteiger partial charge < -0.3 is 14.4 Å². The largest absolute Gasteiger partial charge is 0.490 e. The third-order valence-electron chi connectivity index (χ3n) is 7.17. The molecular weight excluding hydrogens is 532 g/mol. The molecule has 210 valence electrons. The van der Waals surface area contributed by atoms with Crippen molar-refractivity contribution in [2.24, 2.45) is 0 Å². The molecule has 1 amide bonds. The molecule has 4 heterocycles. The zero-order valence-corrected chi connectivity index (χ0v) is 22.5. The maximum atomic E-state index is 14.9. The number of hydrogen-bond donors (Lipinski definition) is 1. The number of hydrogen-bond acceptors (Lipinski definition) is 7. The van der Waals surface area contributed by atoms with Gasteiger partial charge in [0.25, 0.3) is 5.91 Å². The molecule has 13 heteroatoms. The fraction of sp³-hybridized carbons (Fsp3) is 0.462. The first-order valence-corrected chi connectivity index (χ1v) is 14.3. The standard InChI is InChI=1S/C26H31F2N5O5S/c1-3-31(2)39(35,36)30-26(34)23-14-29-25-7-5-19(16-33(23)25)32-15-18(28)13-22(32)21-12-17(27)4-6-24(21)38-20-8-10-37-11-9-20/h4-7,12,14,16,18,20,22H,3,8-11,13,15H2,1-2H3,(H,30,34)/t18-,22+/m1/s1. The van der Waals surface area contributed by atoms with Gasteiger partial charge in [-0.3, -0.25) is 9.20 Å². The average Bonchev–Trinajstić information content (AvgIpc) is 3.52. The first-order valence-electron chi connectivity index (χ1n) is 12.9. The van der Waals surface area contributed by atoms with E-state index in [4.69, 9.17) is 9.47 Å². The lowest BCUT2D eigenvalue weighted by atomic mass is 10.0. The Morgan fingerprint density at radius 2 is 2.03 bits per heavy atom. The number of anilines is 1. The second-order valence-corrected chi connectivity index (χ2v) is 11.5. The first kappa shape index (κ1) is 27.3. The monoisotopic (exact) mass is 563 g/mol. The van der Waals surface area contributed by atoms with Gasteiger partial charge in [0.05, 0.1) is 31.1 Å².